The fraction of sp³-hybridized carbons (Fsp3) is 0.405. The van der Waals surface area contributed by atoms with Crippen molar-refractivity contribution in [2.75, 3.05) is 42.9 Å². The van der Waals surface area contributed by atoms with Crippen molar-refractivity contribution in [3.8, 4) is 11.5 Å². The molecule has 3 aromatic rings. The second-order valence-electron chi connectivity index (χ2n) is 12.5. The van der Waals surface area contributed by atoms with E-state index < -0.39 is 0 Å². The largest absolute Gasteiger partial charge is 0.506 e. The summed E-state index contributed by atoms with van der Waals surface area (Å²) in [6.45, 7) is 9.45. The summed E-state index contributed by atoms with van der Waals surface area (Å²) in [7, 11) is 0. The Balaban J connectivity index is 1.05. The van der Waals surface area contributed by atoms with Gasteiger partial charge in [-0.05, 0) is 92.9 Å². The van der Waals surface area contributed by atoms with Gasteiger partial charge < -0.3 is 20.4 Å². The summed E-state index contributed by atoms with van der Waals surface area (Å²) < 4.78 is 4.38. The number of aromatic nitrogens is 1. The molecule has 0 amide bonds. The lowest BCUT2D eigenvalue weighted by Gasteiger charge is -2.37. The van der Waals surface area contributed by atoms with Crippen molar-refractivity contribution in [3.63, 3.8) is 0 Å². The smallest absolute Gasteiger partial charge is 0.346 e. The third-order valence-corrected chi connectivity index (χ3v) is 9.03. The van der Waals surface area contributed by atoms with E-state index in [-0.39, 0.29) is 11.5 Å². The van der Waals surface area contributed by atoms with E-state index in [2.05, 4.69) is 45.9 Å². The summed E-state index contributed by atoms with van der Waals surface area (Å²) in [5.74, 6) is 1.21. The molecule has 4 heterocycles. The number of pyridine rings is 1. The van der Waals surface area contributed by atoms with Gasteiger partial charge in [-0.1, -0.05) is 12.2 Å². The lowest BCUT2D eigenvalue weighted by molar-refractivity contribution is -0.696. The van der Waals surface area contributed by atoms with Crippen molar-refractivity contribution in [2.24, 2.45) is 20.5 Å². The highest BCUT2D eigenvalue weighted by molar-refractivity contribution is 5.90. The normalized spacial score (nSPS) is 15.9. The standard InChI is InChI=1S/C37H44N8O2/c1-3-38-31-25-34(46)32(23-27(31)2)40-39-29-14-11-18-43(26-29)17-7-5-9-20-44-19-8-4-6-16-35(44)42-41-33-24-28-13-10-21-45-22-12-15-30(36(28)45)37(33)47/h4,6,8,11,14,16,18,23-26H,3,5,7,9-10,12-13,15,17,19-22H2,1-2H3,(H-,38,39,46)/p+2. The highest BCUT2D eigenvalue weighted by Gasteiger charge is 2.28. The Morgan fingerprint density at radius 3 is 2.62 bits per heavy atom. The minimum Gasteiger partial charge on any atom is -0.506 e. The number of allylic oxidation sites excluding steroid dienone is 2. The number of unbranched alkanes of at least 4 members (excludes halogenated alkanes) is 2. The molecular weight excluding hydrogens is 588 g/mol. The van der Waals surface area contributed by atoms with Gasteiger partial charge in [0.1, 0.15) is 30.2 Å². The fourth-order valence-electron chi connectivity index (χ4n) is 6.65. The Labute approximate surface area is 277 Å². The summed E-state index contributed by atoms with van der Waals surface area (Å²) >= 11 is 0. The van der Waals surface area contributed by atoms with Gasteiger partial charge in [0, 0.05) is 61.2 Å². The van der Waals surface area contributed by atoms with E-state index in [9.17, 15) is 10.2 Å². The molecule has 0 saturated heterocycles. The van der Waals surface area contributed by atoms with Gasteiger partial charge in [0.25, 0.3) is 0 Å². The zero-order chi connectivity index (χ0) is 32.6. The summed E-state index contributed by atoms with van der Waals surface area (Å²) in [6.07, 6.45) is 19.4. The van der Waals surface area contributed by atoms with E-state index in [4.69, 9.17) is 0 Å². The van der Waals surface area contributed by atoms with Crippen LogP contribution in [-0.4, -0.2) is 53.3 Å². The number of hydrogen-bond acceptors (Lipinski definition) is 8. The van der Waals surface area contributed by atoms with Crippen LogP contribution in [0.25, 0.3) is 0 Å². The minimum atomic E-state index is 0.106. The molecule has 0 spiro atoms. The second kappa shape index (κ2) is 15.2. The lowest BCUT2D eigenvalue weighted by Crippen LogP contribution is -2.34. The van der Waals surface area contributed by atoms with Crippen LogP contribution in [0.3, 0.4) is 0 Å². The Hall–Kier alpha value is -4.86. The highest BCUT2D eigenvalue weighted by Crippen LogP contribution is 2.45. The van der Waals surface area contributed by atoms with Crippen LogP contribution >= 0.6 is 0 Å². The predicted molar refractivity (Wildman–Crippen MR) is 186 cm³/mol. The Morgan fingerprint density at radius 1 is 0.915 bits per heavy atom. The quantitative estimate of drug-likeness (QED) is 0.114. The first-order valence-electron chi connectivity index (χ1n) is 17.0. The number of aromatic hydroxyl groups is 2. The van der Waals surface area contributed by atoms with Gasteiger partial charge in [0.2, 0.25) is 0 Å². The van der Waals surface area contributed by atoms with Crippen LogP contribution in [0.5, 0.6) is 11.5 Å². The highest BCUT2D eigenvalue weighted by atomic mass is 16.3. The zero-order valence-electron chi connectivity index (χ0n) is 27.6. The average molecular weight is 635 g/mol. The SMILES string of the molecule is CCNc1cc(O)c(N=Nc2ccc[n+](CCCCC[N+]3=C(N=Nc4cc5c6c(c4O)CCCN6CCC5)C=CC=CC3)c2)cc1C. The van der Waals surface area contributed by atoms with Crippen molar-refractivity contribution in [1.29, 1.82) is 0 Å². The van der Waals surface area contributed by atoms with Gasteiger partial charge in [0.15, 0.2) is 23.8 Å². The molecule has 3 N–H and O–H groups in total. The fourth-order valence-corrected chi connectivity index (χ4v) is 6.65. The first kappa shape index (κ1) is 32.1. The van der Waals surface area contributed by atoms with Gasteiger partial charge in [-0.25, -0.2) is 4.57 Å². The minimum absolute atomic E-state index is 0.106. The molecule has 3 aliphatic heterocycles. The molecule has 6 rings (SSSR count). The first-order chi connectivity index (χ1) is 23.0. The van der Waals surface area contributed by atoms with Crippen LogP contribution < -0.4 is 14.8 Å². The molecule has 0 atom stereocenters. The molecule has 0 aliphatic carbocycles. The van der Waals surface area contributed by atoms with Gasteiger partial charge in [-0.3, -0.25) is 4.58 Å². The number of nitrogens with zero attached hydrogens (tertiary/aromatic N) is 7. The molecule has 2 aromatic carbocycles. The number of nitrogens with one attached hydrogen (secondary N) is 1. The molecule has 244 valence electrons. The van der Waals surface area contributed by atoms with Crippen LogP contribution in [0.15, 0.2) is 87.5 Å². The summed E-state index contributed by atoms with van der Waals surface area (Å²) in [5, 5.41) is 42.7. The molecule has 0 bridgehead atoms. The maximum Gasteiger partial charge on any atom is 0.346 e. The number of anilines is 2. The molecule has 0 unspecified atom stereocenters. The van der Waals surface area contributed by atoms with Crippen LogP contribution in [0.4, 0.5) is 28.4 Å². The summed E-state index contributed by atoms with van der Waals surface area (Å²) in [4.78, 5) is 2.43. The Kier molecular flexibility index (Phi) is 10.3. The van der Waals surface area contributed by atoms with Crippen molar-refractivity contribution < 1.29 is 19.4 Å². The third-order valence-electron chi connectivity index (χ3n) is 9.03. The number of rotatable bonds is 11. The monoisotopic (exact) mass is 634 g/mol. The second-order valence-corrected chi connectivity index (χ2v) is 12.5. The number of benzene rings is 2. The number of phenolic OH excluding ortho intramolecular Hbond substituents is 2. The van der Waals surface area contributed by atoms with Gasteiger partial charge in [-0.2, -0.15) is 0 Å². The Morgan fingerprint density at radius 2 is 1.74 bits per heavy atom. The number of phenols is 2. The summed E-state index contributed by atoms with van der Waals surface area (Å²) in [5.41, 5.74) is 7.24. The van der Waals surface area contributed by atoms with E-state index in [1.807, 2.05) is 68.7 Å². The van der Waals surface area contributed by atoms with Crippen molar-refractivity contribution in [1.82, 2.24) is 0 Å². The lowest BCUT2D eigenvalue weighted by atomic mass is 9.90. The molecule has 47 heavy (non-hydrogen) atoms. The maximum atomic E-state index is 11.1. The third kappa shape index (κ3) is 7.76. The summed E-state index contributed by atoms with van der Waals surface area (Å²) in [6, 6.07) is 9.47. The van der Waals surface area contributed by atoms with Crippen LogP contribution in [0, 0.1) is 6.92 Å². The van der Waals surface area contributed by atoms with Crippen LogP contribution in [0.1, 0.15) is 55.7 Å². The number of hydrogen-bond donors (Lipinski definition) is 3. The number of amidine groups is 1. The molecule has 0 radical (unpaired) electrons. The molecule has 1 aromatic heterocycles. The van der Waals surface area contributed by atoms with Crippen molar-refractivity contribution in [2.45, 2.75) is 65.3 Å². The molecular formula is C37H46N8O2+2. The molecule has 10 nitrogen and oxygen atoms in total. The van der Waals surface area contributed by atoms with Gasteiger partial charge >= 0.3 is 5.84 Å². The Bertz CT molecular complexity index is 1760. The van der Waals surface area contributed by atoms with E-state index in [0.717, 1.165) is 113 Å². The first-order valence-corrected chi connectivity index (χ1v) is 17.0. The maximum absolute atomic E-state index is 11.1. The number of azo groups is 2. The molecule has 10 heteroatoms. The van der Waals surface area contributed by atoms with Gasteiger partial charge in [-0.15, -0.1) is 10.2 Å². The molecule has 3 aliphatic rings. The van der Waals surface area contributed by atoms with E-state index in [0.29, 0.717) is 11.4 Å². The topological polar surface area (TPSA) is 112 Å². The molecule has 0 saturated carbocycles. The van der Waals surface area contributed by atoms with E-state index in [1.165, 1.54) is 11.3 Å². The van der Waals surface area contributed by atoms with Crippen molar-refractivity contribution in [3.05, 3.63) is 83.7 Å². The average Bonchev–Trinajstić information content (AvgIpc) is 3.31. The van der Waals surface area contributed by atoms with Crippen LogP contribution in [-0.2, 0) is 19.4 Å². The van der Waals surface area contributed by atoms with E-state index in [1.54, 1.807) is 6.07 Å². The zero-order valence-corrected chi connectivity index (χ0v) is 27.6. The predicted octanol–water partition coefficient (Wildman–Crippen LogP) is 7.73. The van der Waals surface area contributed by atoms with Crippen LogP contribution in [0.2, 0.25) is 0 Å². The van der Waals surface area contributed by atoms with E-state index >= 15 is 0 Å². The van der Waals surface area contributed by atoms with Gasteiger partial charge in [0.05, 0.1) is 11.7 Å². The number of aryl methyl sites for hydroxylation is 3. The van der Waals surface area contributed by atoms with Crippen molar-refractivity contribution >= 4 is 34.3 Å². The molecule has 0 fully saturated rings.